The summed E-state index contributed by atoms with van der Waals surface area (Å²) in [5.74, 6) is 0.772. The van der Waals surface area contributed by atoms with Crippen LogP contribution in [0, 0.1) is 5.92 Å². The van der Waals surface area contributed by atoms with Gasteiger partial charge in [-0.3, -0.25) is 9.20 Å². The molecule has 2 aromatic heterocycles. The van der Waals surface area contributed by atoms with Gasteiger partial charge in [0.15, 0.2) is 4.96 Å². The predicted molar refractivity (Wildman–Crippen MR) is 71.5 cm³/mol. The van der Waals surface area contributed by atoms with Gasteiger partial charge in [-0.1, -0.05) is 12.8 Å². The second-order valence-corrected chi connectivity index (χ2v) is 5.83. The van der Waals surface area contributed by atoms with Gasteiger partial charge in [-0.2, -0.15) is 0 Å². The fraction of sp³-hybridized carbons (Fsp3) is 0.538. The van der Waals surface area contributed by atoms with Gasteiger partial charge in [-0.05, 0) is 18.8 Å². The van der Waals surface area contributed by atoms with E-state index >= 15 is 0 Å². The molecule has 0 spiro atoms. The summed E-state index contributed by atoms with van der Waals surface area (Å²) in [6.07, 6.45) is 9.65. The monoisotopic (exact) mass is 263 g/mol. The maximum Gasteiger partial charge on any atom is 0.220 e. The van der Waals surface area contributed by atoms with Gasteiger partial charge in [-0.15, -0.1) is 11.3 Å². The number of rotatable bonds is 4. The van der Waals surface area contributed by atoms with Crippen LogP contribution in [0.3, 0.4) is 0 Å². The van der Waals surface area contributed by atoms with E-state index in [9.17, 15) is 4.79 Å². The molecule has 0 atom stereocenters. The molecule has 3 rings (SSSR count). The van der Waals surface area contributed by atoms with Crippen LogP contribution in [-0.2, 0) is 11.3 Å². The van der Waals surface area contributed by atoms with Crippen molar-refractivity contribution < 1.29 is 4.79 Å². The Bertz CT molecular complexity index is 511. The lowest BCUT2D eigenvalue weighted by Gasteiger charge is -2.08. The van der Waals surface area contributed by atoms with Crippen molar-refractivity contribution in [3.63, 3.8) is 0 Å². The molecule has 0 bridgehead atoms. The van der Waals surface area contributed by atoms with E-state index in [1.807, 2.05) is 22.2 Å². The molecule has 18 heavy (non-hydrogen) atoms. The predicted octanol–water partition coefficient (Wildman–Crippen LogP) is 2.59. The van der Waals surface area contributed by atoms with Crippen LogP contribution in [0.4, 0.5) is 0 Å². The topological polar surface area (TPSA) is 46.4 Å². The minimum atomic E-state index is 0.165. The van der Waals surface area contributed by atoms with Crippen molar-refractivity contribution in [2.45, 2.75) is 38.6 Å². The first-order valence-corrected chi connectivity index (χ1v) is 7.37. The number of amides is 1. The van der Waals surface area contributed by atoms with E-state index in [-0.39, 0.29) is 5.91 Å². The number of nitrogens with zero attached hydrogens (tertiary/aromatic N) is 2. The number of thiazole rings is 1. The number of carbonyl (C=O) groups is 1. The molecule has 1 aliphatic carbocycles. The lowest BCUT2D eigenvalue weighted by atomic mass is 10.0. The lowest BCUT2D eigenvalue weighted by molar-refractivity contribution is -0.122. The molecule has 4 nitrogen and oxygen atoms in total. The molecule has 1 N–H and O–H groups in total. The molecule has 1 saturated carbocycles. The van der Waals surface area contributed by atoms with E-state index in [0.717, 1.165) is 10.7 Å². The van der Waals surface area contributed by atoms with Gasteiger partial charge in [0.05, 0.1) is 12.2 Å². The van der Waals surface area contributed by atoms with Gasteiger partial charge < -0.3 is 5.32 Å². The minimum Gasteiger partial charge on any atom is -0.350 e. The first-order valence-electron chi connectivity index (χ1n) is 6.49. The van der Waals surface area contributed by atoms with Crippen molar-refractivity contribution >= 4 is 22.2 Å². The highest BCUT2D eigenvalue weighted by atomic mass is 32.1. The van der Waals surface area contributed by atoms with Crippen LogP contribution < -0.4 is 5.32 Å². The Morgan fingerprint density at radius 2 is 2.33 bits per heavy atom. The van der Waals surface area contributed by atoms with Crippen molar-refractivity contribution in [1.29, 1.82) is 0 Å². The molecule has 1 aliphatic rings. The summed E-state index contributed by atoms with van der Waals surface area (Å²) >= 11 is 1.61. The third kappa shape index (κ3) is 2.56. The summed E-state index contributed by atoms with van der Waals surface area (Å²) in [4.78, 5) is 17.2. The van der Waals surface area contributed by atoms with Crippen LogP contribution in [-0.4, -0.2) is 15.3 Å². The Labute approximate surface area is 110 Å². The van der Waals surface area contributed by atoms with Crippen molar-refractivity contribution in [1.82, 2.24) is 14.7 Å². The summed E-state index contributed by atoms with van der Waals surface area (Å²) in [5.41, 5.74) is 0.932. The molecule has 0 aliphatic heterocycles. The zero-order valence-electron chi connectivity index (χ0n) is 10.3. The van der Waals surface area contributed by atoms with E-state index in [1.54, 1.807) is 11.3 Å². The quantitative estimate of drug-likeness (QED) is 0.921. The molecule has 5 heteroatoms. The molecule has 0 aromatic carbocycles. The van der Waals surface area contributed by atoms with Crippen LogP contribution >= 0.6 is 11.3 Å². The number of hydrogen-bond donors (Lipinski definition) is 1. The van der Waals surface area contributed by atoms with Gasteiger partial charge in [0.25, 0.3) is 0 Å². The fourth-order valence-corrected chi connectivity index (χ4v) is 3.32. The van der Waals surface area contributed by atoms with Gasteiger partial charge in [0.1, 0.15) is 0 Å². The summed E-state index contributed by atoms with van der Waals surface area (Å²) in [5, 5.41) is 4.97. The van der Waals surface area contributed by atoms with Crippen LogP contribution in [0.2, 0.25) is 0 Å². The Hall–Kier alpha value is -1.36. The van der Waals surface area contributed by atoms with Gasteiger partial charge >= 0.3 is 0 Å². The van der Waals surface area contributed by atoms with Crippen LogP contribution in [0.15, 0.2) is 17.8 Å². The third-order valence-electron chi connectivity index (χ3n) is 3.56. The summed E-state index contributed by atoms with van der Waals surface area (Å²) < 4.78 is 1.99. The number of imidazole rings is 1. The van der Waals surface area contributed by atoms with E-state index in [2.05, 4.69) is 10.3 Å². The smallest absolute Gasteiger partial charge is 0.220 e. The van der Waals surface area contributed by atoms with Crippen LogP contribution in [0.25, 0.3) is 4.96 Å². The minimum absolute atomic E-state index is 0.165. The average Bonchev–Trinajstić information content (AvgIpc) is 3.01. The Balaban J connectivity index is 1.51. The van der Waals surface area contributed by atoms with Crippen molar-refractivity contribution in [3.05, 3.63) is 23.5 Å². The maximum absolute atomic E-state index is 11.8. The molecule has 0 saturated heterocycles. The zero-order valence-corrected chi connectivity index (χ0v) is 11.1. The third-order valence-corrected chi connectivity index (χ3v) is 4.33. The molecular weight excluding hydrogens is 246 g/mol. The van der Waals surface area contributed by atoms with E-state index in [1.165, 1.54) is 25.7 Å². The van der Waals surface area contributed by atoms with Crippen molar-refractivity contribution in [2.75, 3.05) is 0 Å². The van der Waals surface area contributed by atoms with E-state index in [0.29, 0.717) is 18.9 Å². The maximum atomic E-state index is 11.8. The zero-order chi connectivity index (χ0) is 12.4. The second-order valence-electron chi connectivity index (χ2n) is 4.96. The van der Waals surface area contributed by atoms with Crippen LogP contribution in [0.5, 0.6) is 0 Å². The number of aromatic nitrogens is 2. The largest absolute Gasteiger partial charge is 0.350 e. The van der Waals surface area contributed by atoms with E-state index < -0.39 is 0 Å². The lowest BCUT2D eigenvalue weighted by Crippen LogP contribution is -2.24. The Morgan fingerprint density at radius 3 is 3.11 bits per heavy atom. The SMILES string of the molecule is O=C(CC1CCCC1)NCc1cn2ccsc2n1. The summed E-state index contributed by atoms with van der Waals surface area (Å²) in [6.45, 7) is 0.542. The molecule has 96 valence electrons. The van der Waals surface area contributed by atoms with Gasteiger partial charge in [0, 0.05) is 24.2 Å². The molecular formula is C13H17N3OS. The molecule has 0 unspecified atom stereocenters. The highest BCUT2D eigenvalue weighted by Crippen LogP contribution is 2.27. The first kappa shape index (κ1) is 11.7. The first-order chi connectivity index (χ1) is 8.81. The molecule has 2 aromatic rings. The number of fused-ring (bicyclic) bond motifs is 1. The van der Waals surface area contributed by atoms with Crippen molar-refractivity contribution in [3.8, 4) is 0 Å². The fourth-order valence-electron chi connectivity index (χ4n) is 2.60. The molecule has 1 fully saturated rings. The van der Waals surface area contributed by atoms with Crippen molar-refractivity contribution in [2.24, 2.45) is 5.92 Å². The highest BCUT2D eigenvalue weighted by molar-refractivity contribution is 7.15. The molecule has 1 amide bonds. The number of carbonyl (C=O) groups excluding carboxylic acids is 1. The molecule has 0 radical (unpaired) electrons. The van der Waals surface area contributed by atoms with Gasteiger partial charge in [-0.25, -0.2) is 4.98 Å². The number of nitrogens with one attached hydrogen (secondary N) is 1. The normalized spacial score (nSPS) is 16.4. The Kier molecular flexibility index (Phi) is 3.32. The standard InChI is InChI=1S/C13H17N3OS/c17-12(7-10-3-1-2-4-10)14-8-11-9-16-5-6-18-13(16)15-11/h5-6,9-10H,1-4,7-8H2,(H,14,17). The second kappa shape index (κ2) is 5.10. The van der Waals surface area contributed by atoms with Crippen LogP contribution in [0.1, 0.15) is 37.8 Å². The highest BCUT2D eigenvalue weighted by Gasteiger charge is 2.18. The molecule has 2 heterocycles. The summed E-state index contributed by atoms with van der Waals surface area (Å²) in [6, 6.07) is 0. The summed E-state index contributed by atoms with van der Waals surface area (Å²) in [7, 11) is 0. The van der Waals surface area contributed by atoms with E-state index in [4.69, 9.17) is 0 Å². The van der Waals surface area contributed by atoms with Gasteiger partial charge in [0.2, 0.25) is 5.91 Å². The number of hydrogen-bond acceptors (Lipinski definition) is 3. The average molecular weight is 263 g/mol. The Morgan fingerprint density at radius 1 is 1.50 bits per heavy atom.